The van der Waals surface area contributed by atoms with Crippen LogP contribution in [0.15, 0.2) is 24.3 Å². The average Bonchev–Trinajstić information content (AvgIpc) is 2.33. The number of carbonyl (C=O) groups is 1. The van der Waals surface area contributed by atoms with Gasteiger partial charge in [-0.1, -0.05) is 6.92 Å². The van der Waals surface area contributed by atoms with E-state index in [1.54, 1.807) is 24.3 Å². The molecule has 2 atom stereocenters. The van der Waals surface area contributed by atoms with Gasteiger partial charge >= 0.3 is 0 Å². The highest BCUT2D eigenvalue weighted by Crippen LogP contribution is 2.16. The number of likely N-dealkylation sites (tertiary alicyclic amines) is 1. The zero-order valence-electron chi connectivity index (χ0n) is 11.0. The molecule has 1 fully saturated rings. The van der Waals surface area contributed by atoms with Crippen molar-refractivity contribution in [2.75, 3.05) is 25.9 Å². The number of rotatable bonds is 2. The van der Waals surface area contributed by atoms with E-state index in [9.17, 15) is 4.79 Å². The van der Waals surface area contributed by atoms with Crippen LogP contribution in [0.1, 0.15) is 23.7 Å². The number of benzene rings is 1. The van der Waals surface area contributed by atoms with Crippen molar-refractivity contribution in [3.05, 3.63) is 29.8 Å². The first-order chi connectivity index (χ1) is 8.56. The standard InChI is InChI=1S/C14H21N3O/c1-10-9-17(2)8-7-13(10)16-14(18)11-3-5-12(15)6-4-11/h3-6,10,13H,7-9,15H2,1-2H3,(H,16,18). The summed E-state index contributed by atoms with van der Waals surface area (Å²) in [6.07, 6.45) is 1.01. The second kappa shape index (κ2) is 5.40. The van der Waals surface area contributed by atoms with Crippen LogP contribution in [-0.2, 0) is 0 Å². The molecule has 0 saturated carbocycles. The van der Waals surface area contributed by atoms with E-state index in [2.05, 4.69) is 24.2 Å². The first-order valence-corrected chi connectivity index (χ1v) is 6.41. The van der Waals surface area contributed by atoms with Crippen molar-refractivity contribution < 1.29 is 4.79 Å². The van der Waals surface area contributed by atoms with E-state index in [0.29, 0.717) is 17.2 Å². The van der Waals surface area contributed by atoms with Gasteiger partial charge < -0.3 is 16.0 Å². The van der Waals surface area contributed by atoms with Crippen molar-refractivity contribution in [1.82, 2.24) is 10.2 Å². The molecule has 0 spiro atoms. The summed E-state index contributed by atoms with van der Waals surface area (Å²) < 4.78 is 0. The fourth-order valence-corrected chi connectivity index (χ4v) is 2.45. The van der Waals surface area contributed by atoms with Crippen LogP contribution >= 0.6 is 0 Å². The Hall–Kier alpha value is -1.55. The number of hydrogen-bond acceptors (Lipinski definition) is 3. The highest BCUT2D eigenvalue weighted by atomic mass is 16.1. The normalized spacial score (nSPS) is 24.8. The third kappa shape index (κ3) is 3.01. The molecule has 0 aliphatic carbocycles. The zero-order chi connectivity index (χ0) is 13.1. The predicted octanol–water partition coefficient (Wildman–Crippen LogP) is 1.34. The molecule has 0 radical (unpaired) electrons. The van der Waals surface area contributed by atoms with Gasteiger partial charge in [-0.3, -0.25) is 4.79 Å². The maximum atomic E-state index is 12.1. The summed E-state index contributed by atoms with van der Waals surface area (Å²) in [4.78, 5) is 14.4. The molecule has 4 nitrogen and oxygen atoms in total. The fraction of sp³-hybridized carbons (Fsp3) is 0.500. The number of nitrogens with two attached hydrogens (primary N) is 1. The van der Waals surface area contributed by atoms with Gasteiger partial charge in [-0.2, -0.15) is 0 Å². The summed E-state index contributed by atoms with van der Waals surface area (Å²) in [5.41, 5.74) is 6.97. The monoisotopic (exact) mass is 247 g/mol. The molecule has 1 aromatic carbocycles. The van der Waals surface area contributed by atoms with Gasteiger partial charge in [-0.05, 0) is 50.2 Å². The maximum absolute atomic E-state index is 12.1. The summed E-state index contributed by atoms with van der Waals surface area (Å²) in [5.74, 6) is 0.484. The van der Waals surface area contributed by atoms with Crippen LogP contribution < -0.4 is 11.1 Å². The second-order valence-electron chi connectivity index (χ2n) is 5.23. The number of hydrogen-bond donors (Lipinski definition) is 2. The Morgan fingerprint density at radius 3 is 2.67 bits per heavy atom. The van der Waals surface area contributed by atoms with Gasteiger partial charge in [0.05, 0.1) is 0 Å². The number of piperidine rings is 1. The van der Waals surface area contributed by atoms with Gasteiger partial charge in [0, 0.05) is 23.8 Å². The fourth-order valence-electron chi connectivity index (χ4n) is 2.45. The number of anilines is 1. The molecule has 0 aromatic heterocycles. The minimum absolute atomic E-state index is 0.00333. The molecule has 0 bridgehead atoms. The summed E-state index contributed by atoms with van der Waals surface area (Å²) in [6, 6.07) is 7.32. The molecular formula is C14H21N3O. The Labute approximate surface area is 108 Å². The summed E-state index contributed by atoms with van der Waals surface area (Å²) in [5, 5.41) is 3.12. The van der Waals surface area contributed by atoms with Crippen molar-refractivity contribution in [2.24, 2.45) is 5.92 Å². The Morgan fingerprint density at radius 1 is 1.39 bits per heavy atom. The molecular weight excluding hydrogens is 226 g/mol. The van der Waals surface area contributed by atoms with Crippen molar-refractivity contribution >= 4 is 11.6 Å². The maximum Gasteiger partial charge on any atom is 0.251 e. The number of amides is 1. The van der Waals surface area contributed by atoms with Crippen molar-refractivity contribution in [1.29, 1.82) is 0 Å². The largest absolute Gasteiger partial charge is 0.399 e. The molecule has 1 aliphatic rings. The van der Waals surface area contributed by atoms with Crippen LogP contribution in [0.2, 0.25) is 0 Å². The minimum Gasteiger partial charge on any atom is -0.399 e. The molecule has 3 N–H and O–H groups in total. The van der Waals surface area contributed by atoms with E-state index in [4.69, 9.17) is 5.73 Å². The second-order valence-corrected chi connectivity index (χ2v) is 5.23. The molecule has 1 aromatic rings. The topological polar surface area (TPSA) is 58.4 Å². The lowest BCUT2D eigenvalue weighted by molar-refractivity contribution is 0.0884. The average molecular weight is 247 g/mol. The number of nitrogen functional groups attached to an aromatic ring is 1. The Morgan fingerprint density at radius 2 is 2.06 bits per heavy atom. The molecule has 18 heavy (non-hydrogen) atoms. The van der Waals surface area contributed by atoms with E-state index < -0.39 is 0 Å². The first-order valence-electron chi connectivity index (χ1n) is 6.41. The quantitative estimate of drug-likeness (QED) is 0.775. The third-order valence-corrected chi connectivity index (χ3v) is 3.60. The van der Waals surface area contributed by atoms with E-state index in [1.165, 1.54) is 0 Å². The minimum atomic E-state index is -0.00333. The van der Waals surface area contributed by atoms with Crippen molar-refractivity contribution in [3.8, 4) is 0 Å². The smallest absolute Gasteiger partial charge is 0.251 e. The van der Waals surface area contributed by atoms with Crippen LogP contribution in [0, 0.1) is 5.92 Å². The molecule has 2 rings (SSSR count). The van der Waals surface area contributed by atoms with Gasteiger partial charge in [0.2, 0.25) is 0 Å². The van der Waals surface area contributed by atoms with E-state index in [1.807, 2.05) is 0 Å². The number of nitrogens with one attached hydrogen (secondary N) is 1. The van der Waals surface area contributed by atoms with Crippen LogP contribution in [0.5, 0.6) is 0 Å². The van der Waals surface area contributed by atoms with Gasteiger partial charge in [0.25, 0.3) is 5.91 Å². The molecule has 1 saturated heterocycles. The van der Waals surface area contributed by atoms with Gasteiger partial charge in [0.15, 0.2) is 0 Å². The van der Waals surface area contributed by atoms with Crippen molar-refractivity contribution in [3.63, 3.8) is 0 Å². The Balaban J connectivity index is 1.97. The molecule has 4 heteroatoms. The Bertz CT molecular complexity index is 416. The van der Waals surface area contributed by atoms with Gasteiger partial charge in [-0.15, -0.1) is 0 Å². The summed E-state index contributed by atoms with van der Waals surface area (Å²) in [7, 11) is 2.12. The van der Waals surface area contributed by atoms with Crippen molar-refractivity contribution in [2.45, 2.75) is 19.4 Å². The van der Waals surface area contributed by atoms with E-state index in [0.717, 1.165) is 19.5 Å². The summed E-state index contributed by atoms with van der Waals surface area (Å²) >= 11 is 0. The number of carbonyl (C=O) groups excluding carboxylic acids is 1. The molecule has 1 amide bonds. The van der Waals surface area contributed by atoms with Crippen LogP contribution in [0.4, 0.5) is 5.69 Å². The zero-order valence-corrected chi connectivity index (χ0v) is 11.0. The number of nitrogens with zero attached hydrogens (tertiary/aromatic N) is 1. The van der Waals surface area contributed by atoms with E-state index in [-0.39, 0.29) is 11.9 Å². The molecule has 98 valence electrons. The Kier molecular flexibility index (Phi) is 3.87. The first kappa shape index (κ1) is 12.9. The van der Waals surface area contributed by atoms with E-state index >= 15 is 0 Å². The predicted molar refractivity (Wildman–Crippen MR) is 73.4 cm³/mol. The SMILES string of the molecule is CC1CN(C)CCC1NC(=O)c1ccc(N)cc1. The lowest BCUT2D eigenvalue weighted by Crippen LogP contribution is -2.48. The summed E-state index contributed by atoms with van der Waals surface area (Å²) in [6.45, 7) is 4.26. The van der Waals surface area contributed by atoms with Crippen LogP contribution in [0.3, 0.4) is 0 Å². The lowest BCUT2D eigenvalue weighted by atomic mass is 9.94. The molecule has 1 heterocycles. The van der Waals surface area contributed by atoms with Crippen LogP contribution in [0.25, 0.3) is 0 Å². The third-order valence-electron chi connectivity index (χ3n) is 3.60. The highest BCUT2D eigenvalue weighted by molar-refractivity contribution is 5.94. The van der Waals surface area contributed by atoms with Gasteiger partial charge in [0.1, 0.15) is 0 Å². The van der Waals surface area contributed by atoms with Gasteiger partial charge in [-0.25, -0.2) is 0 Å². The lowest BCUT2D eigenvalue weighted by Gasteiger charge is -2.35. The molecule has 2 unspecified atom stereocenters. The molecule has 1 aliphatic heterocycles. The van der Waals surface area contributed by atoms with Crippen LogP contribution in [-0.4, -0.2) is 37.0 Å². The highest BCUT2D eigenvalue weighted by Gasteiger charge is 2.25.